The zero-order valence-electron chi connectivity index (χ0n) is 21.1. The lowest BCUT2D eigenvalue weighted by molar-refractivity contribution is -0.0102. The van der Waals surface area contributed by atoms with Crippen LogP contribution in [0.1, 0.15) is 54.9 Å². The number of hydrogen-bond donors (Lipinski definition) is 1. The van der Waals surface area contributed by atoms with E-state index in [2.05, 4.69) is 30.6 Å². The van der Waals surface area contributed by atoms with Crippen LogP contribution >= 0.6 is 15.9 Å². The molecule has 0 radical (unpaired) electrons. The SMILES string of the molecule is CCCCOC(=O)N=[S@](C)(=O)c1cccc(NC(=O)c2c(N3CCCC(F)(F)CC3)ncc(Br)c2C)c1. The molecule has 3 rings (SSSR count). The van der Waals surface area contributed by atoms with Crippen LogP contribution in [-0.4, -0.2) is 53.1 Å². The minimum atomic E-state index is -3.12. The summed E-state index contributed by atoms with van der Waals surface area (Å²) in [5.74, 6) is -2.91. The van der Waals surface area contributed by atoms with Gasteiger partial charge in [-0.3, -0.25) is 4.79 Å². The Bertz CT molecular complexity index is 1280. The highest BCUT2D eigenvalue weighted by Crippen LogP contribution is 2.33. The maximum Gasteiger partial charge on any atom is 0.442 e. The van der Waals surface area contributed by atoms with Crippen molar-refractivity contribution in [3.05, 3.63) is 46.1 Å². The molecule has 37 heavy (non-hydrogen) atoms. The lowest BCUT2D eigenvalue weighted by Gasteiger charge is -2.25. The molecule has 1 fully saturated rings. The van der Waals surface area contributed by atoms with Gasteiger partial charge in [0.1, 0.15) is 5.82 Å². The van der Waals surface area contributed by atoms with E-state index in [1.165, 1.54) is 12.3 Å². The number of unbranched alkanes of at least 4 members (excludes halogenated alkanes) is 1. The van der Waals surface area contributed by atoms with Gasteiger partial charge in [0.05, 0.1) is 21.9 Å². The Kier molecular flexibility index (Phi) is 9.63. The van der Waals surface area contributed by atoms with Crippen LogP contribution in [-0.2, 0) is 14.5 Å². The van der Waals surface area contributed by atoms with Crippen molar-refractivity contribution in [2.45, 2.75) is 56.8 Å². The second-order valence-corrected chi connectivity index (χ2v) is 12.1. The first-order valence-electron chi connectivity index (χ1n) is 12.0. The highest BCUT2D eigenvalue weighted by atomic mass is 79.9. The van der Waals surface area contributed by atoms with Crippen LogP contribution in [0.4, 0.5) is 25.1 Å². The molecule has 12 heteroatoms. The number of benzene rings is 1. The summed E-state index contributed by atoms with van der Waals surface area (Å²) in [5, 5.41) is 2.79. The van der Waals surface area contributed by atoms with Crippen molar-refractivity contribution in [2.24, 2.45) is 4.36 Å². The fourth-order valence-corrected chi connectivity index (χ4v) is 5.30. The van der Waals surface area contributed by atoms with E-state index >= 15 is 0 Å². The molecule has 0 unspecified atom stereocenters. The van der Waals surface area contributed by atoms with Crippen LogP contribution in [0.5, 0.6) is 0 Å². The molecule has 1 saturated heterocycles. The molecule has 202 valence electrons. The molecular weight excluding hydrogens is 570 g/mol. The van der Waals surface area contributed by atoms with E-state index < -0.39 is 27.7 Å². The van der Waals surface area contributed by atoms with Crippen LogP contribution in [0.3, 0.4) is 0 Å². The Labute approximate surface area is 224 Å². The smallest absolute Gasteiger partial charge is 0.442 e. The predicted octanol–water partition coefficient (Wildman–Crippen LogP) is 6.42. The summed E-state index contributed by atoms with van der Waals surface area (Å²) in [7, 11) is -3.12. The van der Waals surface area contributed by atoms with Crippen molar-refractivity contribution >= 4 is 49.2 Å². The number of ether oxygens (including phenoxy) is 1. The van der Waals surface area contributed by atoms with Gasteiger partial charge < -0.3 is 15.0 Å². The Balaban J connectivity index is 1.87. The Hall–Kier alpha value is -2.60. The van der Waals surface area contributed by atoms with Crippen molar-refractivity contribution < 1.29 is 27.3 Å². The number of aromatic nitrogens is 1. The molecule has 2 heterocycles. The molecule has 2 aromatic rings. The van der Waals surface area contributed by atoms with Crippen molar-refractivity contribution in [3.63, 3.8) is 0 Å². The van der Waals surface area contributed by atoms with E-state index in [0.717, 1.165) is 6.42 Å². The van der Waals surface area contributed by atoms with E-state index in [9.17, 15) is 22.6 Å². The summed E-state index contributed by atoms with van der Waals surface area (Å²) in [6.07, 6.45) is 3.25. The van der Waals surface area contributed by atoms with Crippen molar-refractivity contribution in [2.75, 3.05) is 36.2 Å². The van der Waals surface area contributed by atoms with Crippen LogP contribution in [0, 0.1) is 6.92 Å². The number of halogens is 3. The van der Waals surface area contributed by atoms with E-state index in [-0.39, 0.29) is 42.9 Å². The van der Waals surface area contributed by atoms with Gasteiger partial charge in [-0.05, 0) is 59.5 Å². The van der Waals surface area contributed by atoms with Gasteiger partial charge in [-0.25, -0.2) is 22.8 Å². The molecule has 2 amide bonds. The molecule has 1 aliphatic rings. The lowest BCUT2D eigenvalue weighted by Crippen LogP contribution is -2.30. The average molecular weight is 602 g/mol. The average Bonchev–Trinajstić information content (AvgIpc) is 3.01. The number of alkyl halides is 2. The quantitative estimate of drug-likeness (QED) is 0.368. The van der Waals surface area contributed by atoms with E-state index in [1.54, 1.807) is 36.2 Å². The van der Waals surface area contributed by atoms with Gasteiger partial charge in [0.2, 0.25) is 5.92 Å². The zero-order chi connectivity index (χ0) is 27.2. The molecule has 1 aromatic carbocycles. The van der Waals surface area contributed by atoms with Gasteiger partial charge in [-0.1, -0.05) is 19.4 Å². The van der Waals surface area contributed by atoms with Crippen LogP contribution in [0.25, 0.3) is 0 Å². The van der Waals surface area contributed by atoms with Gasteiger partial charge in [0, 0.05) is 53.4 Å². The Morgan fingerprint density at radius 3 is 2.78 bits per heavy atom. The van der Waals surface area contributed by atoms with Gasteiger partial charge in [-0.15, -0.1) is 4.36 Å². The highest BCUT2D eigenvalue weighted by Gasteiger charge is 2.33. The van der Waals surface area contributed by atoms with E-state index in [0.29, 0.717) is 34.5 Å². The third kappa shape index (κ3) is 7.70. The molecule has 0 aliphatic carbocycles. The third-order valence-corrected chi connectivity index (χ3v) is 8.43. The first-order valence-corrected chi connectivity index (χ1v) is 14.7. The first-order chi connectivity index (χ1) is 17.4. The van der Waals surface area contributed by atoms with Crippen molar-refractivity contribution in [3.8, 4) is 0 Å². The van der Waals surface area contributed by atoms with Gasteiger partial charge in [0.15, 0.2) is 0 Å². The number of anilines is 2. The molecule has 0 spiro atoms. The van der Waals surface area contributed by atoms with Gasteiger partial charge in [0.25, 0.3) is 5.91 Å². The minimum absolute atomic E-state index is 0.0740. The second-order valence-electron chi connectivity index (χ2n) is 8.97. The fraction of sp³-hybridized carbons (Fsp3) is 0.480. The Morgan fingerprint density at radius 2 is 2.05 bits per heavy atom. The van der Waals surface area contributed by atoms with Crippen molar-refractivity contribution in [1.82, 2.24) is 4.98 Å². The number of rotatable bonds is 7. The zero-order valence-corrected chi connectivity index (χ0v) is 23.5. The molecule has 1 N–H and O–H groups in total. The largest absolute Gasteiger partial charge is 0.447 e. The van der Waals surface area contributed by atoms with Crippen LogP contribution in [0.15, 0.2) is 44.2 Å². The topological polar surface area (TPSA) is 101 Å². The van der Waals surface area contributed by atoms with Crippen molar-refractivity contribution in [1.29, 1.82) is 0 Å². The van der Waals surface area contributed by atoms with Gasteiger partial charge in [-0.2, -0.15) is 0 Å². The standard InChI is InChI=1S/C25H31BrF2N4O4S/c1-4-5-14-36-24(34)31-37(3,35)19-9-6-8-18(15-19)30-23(33)21-17(2)20(26)16-29-22(21)32-12-7-10-25(27,28)11-13-32/h6,8-9,15-16H,4-5,7,10-14H2,1-3H3,(H,30,33)/t37-/m1/s1. The molecule has 1 atom stereocenters. The van der Waals surface area contributed by atoms with Crippen LogP contribution < -0.4 is 10.2 Å². The summed E-state index contributed by atoms with van der Waals surface area (Å²) in [6.45, 7) is 4.32. The summed E-state index contributed by atoms with van der Waals surface area (Å²) in [4.78, 5) is 31.8. The second kappa shape index (κ2) is 12.3. The number of nitrogens with zero attached hydrogens (tertiary/aromatic N) is 3. The number of hydrogen-bond acceptors (Lipinski definition) is 6. The van der Waals surface area contributed by atoms with Gasteiger partial charge >= 0.3 is 6.09 Å². The molecule has 0 saturated carbocycles. The predicted molar refractivity (Wildman–Crippen MR) is 143 cm³/mol. The molecule has 1 aromatic heterocycles. The normalized spacial score (nSPS) is 16.9. The Morgan fingerprint density at radius 1 is 1.30 bits per heavy atom. The third-order valence-electron chi connectivity index (χ3n) is 6.00. The summed E-state index contributed by atoms with van der Waals surface area (Å²) >= 11 is 3.40. The number of pyridine rings is 1. The number of amides is 2. The number of carbonyl (C=O) groups excluding carboxylic acids is 2. The monoisotopic (exact) mass is 600 g/mol. The van der Waals surface area contributed by atoms with E-state index in [4.69, 9.17) is 4.74 Å². The molecular formula is C25H31BrF2N4O4S. The lowest BCUT2D eigenvalue weighted by atomic mass is 10.1. The number of nitrogens with one attached hydrogen (secondary N) is 1. The summed E-state index contributed by atoms with van der Waals surface area (Å²) < 4.78 is 50.3. The number of carbonyl (C=O) groups is 2. The molecule has 1 aliphatic heterocycles. The summed E-state index contributed by atoms with van der Waals surface area (Å²) in [5.41, 5.74) is 1.20. The maximum absolute atomic E-state index is 13.9. The van der Waals surface area contributed by atoms with E-state index in [1.807, 2.05) is 6.92 Å². The first kappa shape index (κ1) is 29.0. The van der Waals surface area contributed by atoms with Crippen LogP contribution in [0.2, 0.25) is 0 Å². The maximum atomic E-state index is 13.9. The molecule has 8 nitrogen and oxygen atoms in total. The highest BCUT2D eigenvalue weighted by molar-refractivity contribution is 9.10. The fourth-order valence-electron chi connectivity index (χ4n) is 3.88. The minimum Gasteiger partial charge on any atom is -0.447 e. The molecule has 0 bridgehead atoms. The summed E-state index contributed by atoms with van der Waals surface area (Å²) in [6, 6.07) is 6.24.